The number of imidazole rings is 1. The van der Waals surface area contributed by atoms with E-state index in [0.717, 1.165) is 21.9 Å². The van der Waals surface area contributed by atoms with Gasteiger partial charge >= 0.3 is 12.4 Å². The highest BCUT2D eigenvalue weighted by atomic mass is 16.9. The minimum atomic E-state index is -0.845. The van der Waals surface area contributed by atoms with Crippen LogP contribution in [0.25, 0.3) is 27.6 Å². The average Bonchev–Trinajstić information content (AvgIpc) is 3.35. The lowest BCUT2D eigenvalue weighted by Crippen LogP contribution is -2.23. The number of pyridine rings is 1. The number of esters is 1. The summed E-state index contributed by atoms with van der Waals surface area (Å²) in [6, 6.07) is 8.13. The molecule has 3 aromatic heterocycles. The van der Waals surface area contributed by atoms with E-state index in [9.17, 15) is 4.79 Å². The third kappa shape index (κ3) is 4.80. The second-order valence-electron chi connectivity index (χ2n) is 7.72. The summed E-state index contributed by atoms with van der Waals surface area (Å²) in [5.74, 6) is -0.406. The quantitative estimate of drug-likeness (QED) is 0.352. The first kappa shape index (κ1) is 22.6. The Bertz CT molecular complexity index is 1170. The number of hydrogen-bond donors (Lipinski definition) is 0. The Morgan fingerprint density at radius 2 is 1.81 bits per heavy atom. The number of ether oxygens (including phenoxy) is 3. The summed E-state index contributed by atoms with van der Waals surface area (Å²) in [5.41, 5.74) is 3.55. The predicted octanol–water partition coefficient (Wildman–Crippen LogP) is 3.29. The Morgan fingerprint density at radius 3 is 2.42 bits per heavy atom. The molecule has 0 aliphatic heterocycles. The van der Waals surface area contributed by atoms with E-state index in [4.69, 9.17) is 9.47 Å². The van der Waals surface area contributed by atoms with Crippen LogP contribution in [-0.2, 0) is 24.5 Å². The van der Waals surface area contributed by atoms with Crippen LogP contribution >= 0.6 is 0 Å². The molecule has 4 rings (SSSR count). The molecule has 0 amide bonds. The third-order valence-electron chi connectivity index (χ3n) is 4.43. The molecule has 0 saturated carbocycles. The van der Waals surface area contributed by atoms with Gasteiger partial charge in [0, 0.05) is 17.8 Å². The normalized spacial score (nSPS) is 11.8. The van der Waals surface area contributed by atoms with E-state index < -0.39 is 12.4 Å². The van der Waals surface area contributed by atoms with Gasteiger partial charge in [0.05, 0.1) is 30.6 Å². The molecule has 0 aliphatic rings. The molecule has 0 bridgehead atoms. The van der Waals surface area contributed by atoms with Gasteiger partial charge in [-0.3, -0.25) is 4.79 Å². The third-order valence-corrected chi connectivity index (χ3v) is 4.43. The van der Waals surface area contributed by atoms with Crippen molar-refractivity contribution in [1.29, 1.82) is 0 Å². The summed E-state index contributed by atoms with van der Waals surface area (Å²) in [5, 5.41) is 13.1. The van der Waals surface area contributed by atoms with Crippen molar-refractivity contribution in [3.63, 3.8) is 0 Å². The molecule has 1 aromatic carbocycles. The smallest absolute Gasteiger partial charge is 0.318 e. The van der Waals surface area contributed by atoms with Gasteiger partial charge in [-0.05, 0) is 51.1 Å². The zero-order chi connectivity index (χ0) is 22.6. The predicted molar refractivity (Wildman–Crippen MR) is 115 cm³/mol. The van der Waals surface area contributed by atoms with Gasteiger partial charge in [-0.15, -0.1) is 5.10 Å². The summed E-state index contributed by atoms with van der Waals surface area (Å²) in [6.45, 7) is 11.5. The van der Waals surface area contributed by atoms with Crippen LogP contribution in [0.3, 0.4) is 0 Å². The number of aromatic nitrogens is 6. The fraction of sp³-hybridized carbons (Fsp3) is 0.476. The van der Waals surface area contributed by atoms with Gasteiger partial charge in [-0.25, -0.2) is 4.98 Å². The van der Waals surface area contributed by atoms with Crippen molar-refractivity contribution in [1.82, 2.24) is 29.6 Å². The molecule has 0 radical (unpaired) electrons. The molecule has 0 saturated heterocycles. The molecule has 0 fully saturated rings. The van der Waals surface area contributed by atoms with Crippen LogP contribution in [0.15, 0.2) is 30.6 Å². The maximum atomic E-state index is 10.4. The van der Waals surface area contributed by atoms with Crippen LogP contribution in [0.5, 0.6) is 0 Å². The summed E-state index contributed by atoms with van der Waals surface area (Å²) in [4.78, 5) is 15.0. The van der Waals surface area contributed by atoms with Crippen LogP contribution in [0.2, 0.25) is 0 Å². The van der Waals surface area contributed by atoms with Crippen molar-refractivity contribution in [3.05, 3.63) is 30.6 Å². The van der Waals surface area contributed by atoms with E-state index in [-0.39, 0.29) is 5.54 Å². The Kier molecular flexibility index (Phi) is 6.81. The maximum Gasteiger partial charge on any atom is 0.318 e. The van der Waals surface area contributed by atoms with Crippen molar-refractivity contribution in [3.8, 4) is 0 Å². The largest absolute Gasteiger partial charge is 0.410 e. The monoisotopic (exact) mass is 428 g/mol. The standard InChI is InChI=1S/C14H14N6.C7H14O4/c1-14(2,3)19-8-15-11-12(19)9-6-4-5-7-10(9)20-13(11)16-17-18-20;1-4-9-7(10-5-2)11-6(3)8/h4-8H,1-3H3;7H,4-5H2,1-3H3. The van der Waals surface area contributed by atoms with E-state index in [1.54, 1.807) is 18.4 Å². The van der Waals surface area contributed by atoms with Gasteiger partial charge in [0.1, 0.15) is 5.52 Å². The van der Waals surface area contributed by atoms with Gasteiger partial charge in [-0.2, -0.15) is 4.52 Å². The van der Waals surface area contributed by atoms with Crippen LogP contribution in [0, 0.1) is 0 Å². The van der Waals surface area contributed by atoms with Crippen molar-refractivity contribution >= 4 is 33.6 Å². The van der Waals surface area contributed by atoms with Crippen LogP contribution in [-0.4, -0.2) is 55.3 Å². The number of fused-ring (bicyclic) bond motifs is 6. The Labute approximate surface area is 180 Å². The highest BCUT2D eigenvalue weighted by molar-refractivity contribution is 6.08. The number of hydrogen-bond acceptors (Lipinski definition) is 8. The van der Waals surface area contributed by atoms with Crippen molar-refractivity contribution < 1.29 is 19.0 Å². The lowest BCUT2D eigenvalue weighted by atomic mass is 10.1. The number of carbonyl (C=O) groups excluding carboxylic acids is 1. The molecule has 4 aromatic rings. The number of benzene rings is 1. The highest BCUT2D eigenvalue weighted by Gasteiger charge is 2.21. The van der Waals surface area contributed by atoms with Gasteiger partial charge in [0.25, 0.3) is 0 Å². The van der Waals surface area contributed by atoms with E-state index in [1.165, 1.54) is 6.92 Å². The number of rotatable bonds is 5. The molecule has 0 unspecified atom stereocenters. The minimum Gasteiger partial charge on any atom is -0.410 e. The number of tetrazole rings is 1. The molecule has 31 heavy (non-hydrogen) atoms. The second-order valence-corrected chi connectivity index (χ2v) is 7.72. The minimum absolute atomic E-state index is 0.0523. The topological polar surface area (TPSA) is 106 Å². The number of carbonyl (C=O) groups is 1. The molecular weight excluding hydrogens is 400 g/mol. The van der Waals surface area contributed by atoms with E-state index in [0.29, 0.717) is 18.9 Å². The molecule has 0 spiro atoms. The summed E-state index contributed by atoms with van der Waals surface area (Å²) < 4.78 is 18.4. The molecule has 0 aliphatic carbocycles. The van der Waals surface area contributed by atoms with Crippen LogP contribution < -0.4 is 0 Å². The SMILES string of the molecule is CC(C)(C)n1cnc2c1c1ccccc1n1nnnc21.CCOC(OCC)OC(C)=O. The molecule has 0 atom stereocenters. The molecular formula is C21H28N6O4. The fourth-order valence-electron chi connectivity index (χ4n) is 3.16. The summed E-state index contributed by atoms with van der Waals surface area (Å²) in [7, 11) is 0. The van der Waals surface area contributed by atoms with Crippen LogP contribution in [0.1, 0.15) is 41.5 Å². The first-order valence-electron chi connectivity index (χ1n) is 10.1. The zero-order valence-electron chi connectivity index (χ0n) is 18.7. The van der Waals surface area contributed by atoms with Crippen molar-refractivity contribution in [2.75, 3.05) is 13.2 Å². The van der Waals surface area contributed by atoms with Gasteiger partial charge in [0.2, 0.25) is 5.65 Å². The molecule has 10 nitrogen and oxygen atoms in total. The number of nitrogens with zero attached hydrogens (tertiary/aromatic N) is 6. The molecule has 166 valence electrons. The van der Waals surface area contributed by atoms with Crippen molar-refractivity contribution in [2.24, 2.45) is 0 Å². The first-order valence-corrected chi connectivity index (χ1v) is 10.1. The van der Waals surface area contributed by atoms with Gasteiger partial charge in [0.15, 0.2) is 0 Å². The Morgan fingerprint density at radius 1 is 1.13 bits per heavy atom. The van der Waals surface area contributed by atoms with Crippen LogP contribution in [0.4, 0.5) is 0 Å². The van der Waals surface area contributed by atoms with Gasteiger partial charge < -0.3 is 18.8 Å². The lowest BCUT2D eigenvalue weighted by Gasteiger charge is -2.22. The van der Waals surface area contributed by atoms with E-state index in [1.807, 2.05) is 24.5 Å². The fourth-order valence-corrected chi connectivity index (χ4v) is 3.16. The average molecular weight is 428 g/mol. The maximum absolute atomic E-state index is 10.4. The summed E-state index contributed by atoms with van der Waals surface area (Å²) in [6.07, 6.45) is 1.87. The molecule has 10 heteroatoms. The highest BCUT2D eigenvalue weighted by Crippen LogP contribution is 2.30. The second kappa shape index (κ2) is 9.36. The zero-order valence-corrected chi connectivity index (χ0v) is 18.7. The van der Waals surface area contributed by atoms with E-state index in [2.05, 4.69) is 56.7 Å². The molecule has 0 N–H and O–H groups in total. The first-order chi connectivity index (χ1) is 14.8. The molecule has 3 heterocycles. The lowest BCUT2D eigenvalue weighted by molar-refractivity contribution is -0.271. The van der Waals surface area contributed by atoms with Gasteiger partial charge in [-0.1, -0.05) is 18.2 Å². The van der Waals surface area contributed by atoms with E-state index >= 15 is 0 Å². The van der Waals surface area contributed by atoms with Crippen molar-refractivity contribution in [2.45, 2.75) is 53.6 Å². The Balaban J connectivity index is 0.000000214. The Hall–Kier alpha value is -3.11. The number of para-hydroxylation sites is 1. The summed E-state index contributed by atoms with van der Waals surface area (Å²) >= 11 is 0.